The van der Waals surface area contributed by atoms with Crippen LogP contribution in [0.4, 0.5) is 0 Å². The highest BCUT2D eigenvalue weighted by atomic mass is 14.1. The van der Waals surface area contributed by atoms with Gasteiger partial charge in [0.05, 0.1) is 0 Å². The molecule has 0 heterocycles. The van der Waals surface area contributed by atoms with Gasteiger partial charge in [-0.1, -0.05) is 51.5 Å². The van der Waals surface area contributed by atoms with Gasteiger partial charge in [-0.15, -0.1) is 0 Å². The second-order valence-corrected chi connectivity index (χ2v) is 3.83. The lowest BCUT2D eigenvalue weighted by Crippen LogP contribution is -1.95. The van der Waals surface area contributed by atoms with Gasteiger partial charge in [-0.05, 0) is 37.3 Å². The average Bonchev–Trinajstić information content (AvgIpc) is 2.16. The predicted molar refractivity (Wildman–Crippen MR) is 68.5 cm³/mol. The first kappa shape index (κ1) is 13.2. The smallest absolute Gasteiger partial charge is 0 e. The van der Waals surface area contributed by atoms with Crippen LogP contribution in [-0.4, -0.2) is 0 Å². The molecule has 0 bridgehead atoms. The first-order valence-corrected chi connectivity index (χ1v) is 5.66. The highest BCUT2D eigenvalue weighted by Crippen LogP contribution is 2.20. The summed E-state index contributed by atoms with van der Waals surface area (Å²) in [7, 11) is 0. The van der Waals surface area contributed by atoms with Crippen LogP contribution in [0.25, 0.3) is 0 Å². The highest BCUT2D eigenvalue weighted by Gasteiger charge is 2.04. The normalized spacial score (nSPS) is 14.4. The van der Waals surface area contributed by atoms with Gasteiger partial charge in [-0.25, -0.2) is 0 Å². The van der Waals surface area contributed by atoms with Crippen molar-refractivity contribution in [3.05, 3.63) is 35.5 Å². The van der Waals surface area contributed by atoms with Crippen LogP contribution in [0.15, 0.2) is 35.5 Å². The van der Waals surface area contributed by atoms with Crippen molar-refractivity contribution >= 4 is 0 Å². The zero-order chi connectivity index (χ0) is 11.0. The van der Waals surface area contributed by atoms with Crippen LogP contribution in [0.5, 0.6) is 0 Å². The summed E-state index contributed by atoms with van der Waals surface area (Å²) in [6, 6.07) is 0. The van der Waals surface area contributed by atoms with Crippen molar-refractivity contribution < 1.29 is 1.43 Å². The Morgan fingerprint density at radius 1 is 1.21 bits per heavy atom. The van der Waals surface area contributed by atoms with E-state index < -0.39 is 0 Å². The van der Waals surface area contributed by atoms with Gasteiger partial charge in [0.25, 0.3) is 0 Å². The zero-order valence-electron chi connectivity index (χ0n) is 10.3. The lowest BCUT2D eigenvalue weighted by Gasteiger charge is -2.11. The van der Waals surface area contributed by atoms with Gasteiger partial charge in [-0.2, -0.15) is 0 Å². The third-order valence-electron chi connectivity index (χ3n) is 2.33. The Kier molecular flexibility index (Phi) is 7.18. The van der Waals surface area contributed by atoms with Gasteiger partial charge in [0.1, 0.15) is 0 Å². The van der Waals surface area contributed by atoms with Crippen LogP contribution in [0, 0.1) is 5.92 Å². The maximum Gasteiger partial charge on any atom is 0 e. The summed E-state index contributed by atoms with van der Waals surface area (Å²) in [6.07, 6.45) is 11.3. The van der Waals surface area contributed by atoms with Crippen LogP contribution in [0.1, 0.15) is 48.9 Å². The Labute approximate surface area is 90.9 Å². The maximum atomic E-state index is 2.27. The maximum absolute atomic E-state index is 2.27. The van der Waals surface area contributed by atoms with Crippen LogP contribution in [-0.2, 0) is 0 Å². The molecule has 0 aliphatic heterocycles. The van der Waals surface area contributed by atoms with Crippen LogP contribution in [0.2, 0.25) is 0 Å². The number of allylic oxidation sites excluding steroid dienone is 6. The minimum atomic E-state index is 0. The van der Waals surface area contributed by atoms with E-state index in [1.807, 2.05) is 0 Å². The van der Waals surface area contributed by atoms with Crippen molar-refractivity contribution in [3.8, 4) is 0 Å². The largest absolute Gasteiger partial charge is 0.0840 e. The molecule has 0 aliphatic rings. The fraction of sp³-hybridized carbons (Fsp3) is 0.571. The van der Waals surface area contributed by atoms with Crippen molar-refractivity contribution in [1.29, 1.82) is 0 Å². The second kappa shape index (κ2) is 7.61. The number of rotatable bonds is 5. The van der Waals surface area contributed by atoms with Crippen molar-refractivity contribution in [2.24, 2.45) is 5.92 Å². The third-order valence-corrected chi connectivity index (χ3v) is 2.33. The molecule has 0 radical (unpaired) electrons. The molecule has 0 fully saturated rings. The SMILES string of the molecule is C/C=C(\C=C/CCC)C(=C/C)/C(C)C.[HH]. The molecule has 0 aromatic carbocycles. The Morgan fingerprint density at radius 2 is 1.86 bits per heavy atom. The second-order valence-electron chi connectivity index (χ2n) is 3.83. The first-order valence-electron chi connectivity index (χ1n) is 5.66. The molecule has 0 N–H and O–H groups in total. The van der Waals surface area contributed by atoms with Gasteiger partial charge in [-0.3, -0.25) is 0 Å². The third kappa shape index (κ3) is 4.45. The van der Waals surface area contributed by atoms with Gasteiger partial charge < -0.3 is 0 Å². The summed E-state index contributed by atoms with van der Waals surface area (Å²) in [5, 5.41) is 0. The van der Waals surface area contributed by atoms with Crippen molar-refractivity contribution in [1.82, 2.24) is 0 Å². The molecule has 0 nitrogen and oxygen atoms in total. The summed E-state index contributed by atoms with van der Waals surface area (Å²) in [5.74, 6) is 0.609. The molecule has 0 amide bonds. The van der Waals surface area contributed by atoms with E-state index in [9.17, 15) is 0 Å². The molecule has 0 aliphatic carbocycles. The Balaban J connectivity index is 0. The first-order chi connectivity index (χ1) is 6.67. The number of hydrogen-bond donors (Lipinski definition) is 0. The quantitative estimate of drug-likeness (QED) is 0.532. The zero-order valence-corrected chi connectivity index (χ0v) is 10.3. The Morgan fingerprint density at radius 3 is 2.21 bits per heavy atom. The highest BCUT2D eigenvalue weighted by molar-refractivity contribution is 5.40. The lowest BCUT2D eigenvalue weighted by molar-refractivity contribution is 0.780. The molecule has 0 rings (SSSR count). The molecular formula is C14H26. The van der Waals surface area contributed by atoms with Crippen LogP contribution >= 0.6 is 0 Å². The molecule has 0 saturated heterocycles. The summed E-state index contributed by atoms with van der Waals surface area (Å²) in [5.41, 5.74) is 2.82. The Bertz CT molecular complexity index is 232. The lowest BCUT2D eigenvalue weighted by atomic mass is 9.94. The van der Waals surface area contributed by atoms with E-state index in [1.54, 1.807) is 0 Å². The van der Waals surface area contributed by atoms with E-state index >= 15 is 0 Å². The van der Waals surface area contributed by atoms with Crippen molar-refractivity contribution in [2.75, 3.05) is 0 Å². The molecule has 82 valence electrons. The predicted octanol–water partition coefficient (Wildman–Crippen LogP) is 5.14. The van der Waals surface area contributed by atoms with Crippen LogP contribution in [0.3, 0.4) is 0 Å². The fourth-order valence-corrected chi connectivity index (χ4v) is 1.57. The van der Waals surface area contributed by atoms with E-state index in [-0.39, 0.29) is 1.43 Å². The van der Waals surface area contributed by atoms with Gasteiger partial charge >= 0.3 is 0 Å². The average molecular weight is 194 g/mol. The molecule has 0 heteroatoms. The van der Waals surface area contributed by atoms with Crippen molar-refractivity contribution in [2.45, 2.75) is 47.5 Å². The van der Waals surface area contributed by atoms with E-state index in [0.717, 1.165) is 0 Å². The molecule has 14 heavy (non-hydrogen) atoms. The van der Waals surface area contributed by atoms with Gasteiger partial charge in [0, 0.05) is 1.43 Å². The van der Waals surface area contributed by atoms with E-state index in [4.69, 9.17) is 0 Å². The number of unbranched alkanes of at least 4 members (excludes halogenated alkanes) is 1. The molecule has 0 aromatic heterocycles. The summed E-state index contributed by atoms with van der Waals surface area (Å²) < 4.78 is 0. The van der Waals surface area contributed by atoms with E-state index in [1.165, 1.54) is 24.0 Å². The van der Waals surface area contributed by atoms with Gasteiger partial charge in [0.2, 0.25) is 0 Å². The molecule has 0 unspecified atom stereocenters. The molecular weight excluding hydrogens is 168 g/mol. The molecule has 0 aromatic rings. The van der Waals surface area contributed by atoms with E-state index in [2.05, 4.69) is 58.9 Å². The monoisotopic (exact) mass is 194 g/mol. The number of hydrogen-bond acceptors (Lipinski definition) is 0. The molecule has 0 atom stereocenters. The summed E-state index contributed by atoms with van der Waals surface area (Å²) in [6.45, 7) is 10.9. The molecule has 0 spiro atoms. The van der Waals surface area contributed by atoms with E-state index in [0.29, 0.717) is 5.92 Å². The Hall–Kier alpha value is -0.780. The van der Waals surface area contributed by atoms with Gasteiger partial charge in [0.15, 0.2) is 0 Å². The standard InChI is InChI=1S/C14H24.H2/c1-6-9-10-11-13(7-2)14(8-3)12(4)5;/h7-8,10-12H,6,9H2,1-5H3;1H/b11-10-,13-7+,14-8+;. The minimum Gasteiger partial charge on any atom is -0.0840 e. The van der Waals surface area contributed by atoms with Crippen molar-refractivity contribution in [3.63, 3.8) is 0 Å². The molecule has 0 saturated carbocycles. The topological polar surface area (TPSA) is 0 Å². The minimum absolute atomic E-state index is 0. The fourth-order valence-electron chi connectivity index (χ4n) is 1.57. The van der Waals surface area contributed by atoms with Crippen LogP contribution < -0.4 is 0 Å². The summed E-state index contributed by atoms with van der Waals surface area (Å²) in [4.78, 5) is 0. The summed E-state index contributed by atoms with van der Waals surface area (Å²) >= 11 is 0.